The van der Waals surface area contributed by atoms with E-state index in [2.05, 4.69) is 169 Å². The smallest absolute Gasteiger partial charge is 0.124 e. The van der Waals surface area contributed by atoms with Gasteiger partial charge in [-0.15, -0.1) is 11.3 Å². The predicted molar refractivity (Wildman–Crippen MR) is 204 cm³/mol. The normalized spacial score (nSPS) is 13.9. The topological polar surface area (TPSA) is 16.1 Å². The molecule has 0 bridgehead atoms. The molecule has 1 aromatic heterocycles. The number of benzene rings is 5. The fourth-order valence-electron chi connectivity index (χ4n) is 7.78. The van der Waals surface area contributed by atoms with Gasteiger partial charge in [0.25, 0.3) is 0 Å². The number of anilines is 3. The van der Waals surface area contributed by atoms with E-state index in [9.17, 15) is 0 Å². The summed E-state index contributed by atoms with van der Waals surface area (Å²) >= 11 is 1.79. The Balaban J connectivity index is 1.44. The molecular formula is C44H46N2S. The molecule has 0 unspecified atom stereocenters. The maximum atomic E-state index is 5.03. The Morgan fingerprint density at radius 1 is 0.617 bits per heavy atom. The lowest BCUT2D eigenvalue weighted by Crippen LogP contribution is -2.25. The number of hydrogen-bond donors (Lipinski definition) is 0. The Hall–Kier alpha value is -4.21. The summed E-state index contributed by atoms with van der Waals surface area (Å²) in [6.07, 6.45) is 2.07. The van der Waals surface area contributed by atoms with Crippen LogP contribution in [0.2, 0.25) is 0 Å². The van der Waals surface area contributed by atoms with Crippen LogP contribution >= 0.6 is 11.3 Å². The van der Waals surface area contributed by atoms with Gasteiger partial charge in [0, 0.05) is 28.0 Å². The molecule has 1 aliphatic rings. The molecule has 0 fully saturated rings. The van der Waals surface area contributed by atoms with E-state index in [1.807, 2.05) is 0 Å². The third kappa shape index (κ3) is 5.20. The van der Waals surface area contributed by atoms with Crippen molar-refractivity contribution < 1.29 is 0 Å². The number of fused-ring (bicyclic) bond motifs is 4. The van der Waals surface area contributed by atoms with Crippen LogP contribution in [0.15, 0.2) is 109 Å². The second-order valence-electron chi connectivity index (χ2n) is 15.1. The Labute approximate surface area is 285 Å². The zero-order valence-corrected chi connectivity index (χ0v) is 29.9. The monoisotopic (exact) mass is 634 g/mol. The fourth-order valence-corrected chi connectivity index (χ4v) is 8.74. The molecular weight excluding hydrogens is 589 g/mol. The summed E-state index contributed by atoms with van der Waals surface area (Å²) in [4.78, 5) is 7.56. The minimum atomic E-state index is -0.0773. The van der Waals surface area contributed by atoms with Gasteiger partial charge in [-0.25, -0.2) is 4.98 Å². The lowest BCUT2D eigenvalue weighted by atomic mass is 9.73. The molecule has 2 nitrogen and oxygen atoms in total. The summed E-state index contributed by atoms with van der Waals surface area (Å²) in [5.74, 6) is 0. The van der Waals surface area contributed by atoms with Crippen LogP contribution in [0.3, 0.4) is 0 Å². The van der Waals surface area contributed by atoms with Gasteiger partial charge in [-0.2, -0.15) is 0 Å². The van der Waals surface area contributed by atoms with Crippen molar-refractivity contribution >= 4 is 38.6 Å². The molecule has 7 rings (SSSR count). The van der Waals surface area contributed by atoms with Crippen LogP contribution < -0.4 is 4.90 Å². The van der Waals surface area contributed by atoms with E-state index in [1.54, 1.807) is 11.3 Å². The van der Waals surface area contributed by atoms with Crippen LogP contribution in [0.4, 0.5) is 17.1 Å². The molecule has 0 radical (unpaired) electrons. The first-order valence-electron chi connectivity index (χ1n) is 17.1. The summed E-state index contributed by atoms with van der Waals surface area (Å²) in [5, 5.41) is 1.09. The highest BCUT2D eigenvalue weighted by Crippen LogP contribution is 2.55. The van der Waals surface area contributed by atoms with E-state index in [0.717, 1.165) is 23.4 Å². The van der Waals surface area contributed by atoms with Crippen molar-refractivity contribution in [2.75, 3.05) is 4.90 Å². The Kier molecular flexibility index (Phi) is 7.67. The number of aromatic nitrogens is 1. The first-order chi connectivity index (χ1) is 22.5. The van der Waals surface area contributed by atoms with Gasteiger partial charge >= 0.3 is 0 Å². The van der Waals surface area contributed by atoms with E-state index in [0.29, 0.717) is 0 Å². The zero-order valence-electron chi connectivity index (χ0n) is 29.1. The lowest BCUT2D eigenvalue weighted by Gasteiger charge is -2.36. The second kappa shape index (κ2) is 11.5. The maximum Gasteiger partial charge on any atom is 0.124 e. The lowest BCUT2D eigenvalue weighted by molar-refractivity contribution is 0.490. The molecule has 0 spiro atoms. The largest absolute Gasteiger partial charge is 0.310 e. The number of hydrogen-bond acceptors (Lipinski definition) is 3. The molecule has 47 heavy (non-hydrogen) atoms. The third-order valence-corrected chi connectivity index (χ3v) is 11.3. The van der Waals surface area contributed by atoms with Crippen molar-refractivity contribution in [2.24, 2.45) is 0 Å². The molecule has 0 saturated carbocycles. The number of nitrogens with zero attached hydrogens (tertiary/aromatic N) is 2. The second-order valence-corrected chi connectivity index (χ2v) is 16.2. The van der Waals surface area contributed by atoms with Crippen LogP contribution in [0.25, 0.3) is 31.9 Å². The first kappa shape index (κ1) is 31.4. The van der Waals surface area contributed by atoms with E-state index < -0.39 is 0 Å². The molecule has 0 saturated heterocycles. The van der Waals surface area contributed by atoms with Gasteiger partial charge in [0.15, 0.2) is 0 Å². The highest BCUT2D eigenvalue weighted by atomic mass is 32.1. The molecule has 0 N–H and O–H groups in total. The van der Waals surface area contributed by atoms with Crippen LogP contribution in [0.1, 0.15) is 90.5 Å². The van der Waals surface area contributed by atoms with Gasteiger partial charge in [0.05, 0.1) is 10.2 Å². The SMILES string of the molecule is CCC1(CC)c2cc(-c3nc4ccccc4s3)ccc2-c2ccc(N(c3ccccc3C(C)(C)C)c3ccccc3C(C)(C)C)cc21. The number of rotatable bonds is 6. The van der Waals surface area contributed by atoms with Crippen molar-refractivity contribution in [1.82, 2.24) is 4.98 Å². The Morgan fingerprint density at radius 2 is 1.15 bits per heavy atom. The summed E-state index contributed by atoms with van der Waals surface area (Å²) in [7, 11) is 0. The Morgan fingerprint density at radius 3 is 1.72 bits per heavy atom. The summed E-state index contributed by atoms with van der Waals surface area (Å²) in [5.41, 5.74) is 14.1. The highest BCUT2D eigenvalue weighted by molar-refractivity contribution is 7.21. The van der Waals surface area contributed by atoms with Gasteiger partial charge < -0.3 is 4.90 Å². The summed E-state index contributed by atoms with van der Waals surface area (Å²) < 4.78 is 1.24. The van der Waals surface area contributed by atoms with E-state index >= 15 is 0 Å². The first-order valence-corrected chi connectivity index (χ1v) is 17.9. The minimum absolute atomic E-state index is 0.0217. The van der Waals surface area contributed by atoms with Crippen molar-refractivity contribution in [3.05, 3.63) is 131 Å². The molecule has 0 aliphatic heterocycles. The molecule has 5 aromatic carbocycles. The predicted octanol–water partition coefficient (Wildman–Crippen LogP) is 13.1. The van der Waals surface area contributed by atoms with Gasteiger partial charge in [0.2, 0.25) is 0 Å². The molecule has 1 aliphatic carbocycles. The molecule has 0 atom stereocenters. The molecule has 1 heterocycles. The van der Waals surface area contributed by atoms with Crippen molar-refractivity contribution in [1.29, 1.82) is 0 Å². The quantitative estimate of drug-likeness (QED) is 0.181. The van der Waals surface area contributed by atoms with Gasteiger partial charge in [0.1, 0.15) is 5.01 Å². The average Bonchev–Trinajstić information content (AvgIpc) is 3.61. The van der Waals surface area contributed by atoms with Crippen molar-refractivity contribution in [2.45, 2.75) is 84.5 Å². The van der Waals surface area contributed by atoms with E-state index in [-0.39, 0.29) is 16.2 Å². The summed E-state index contributed by atoms with van der Waals surface area (Å²) in [6, 6.07) is 40.7. The van der Waals surface area contributed by atoms with Crippen LogP contribution in [-0.2, 0) is 16.2 Å². The fraction of sp³-hybridized carbons (Fsp3) is 0.295. The summed E-state index contributed by atoms with van der Waals surface area (Å²) in [6.45, 7) is 18.6. The van der Waals surface area contributed by atoms with Gasteiger partial charge in [-0.3, -0.25) is 0 Å². The highest BCUT2D eigenvalue weighted by Gasteiger charge is 2.41. The van der Waals surface area contributed by atoms with E-state index in [1.165, 1.54) is 60.7 Å². The minimum Gasteiger partial charge on any atom is -0.310 e. The Bertz CT molecular complexity index is 2010. The number of thiazole rings is 1. The number of para-hydroxylation sites is 3. The van der Waals surface area contributed by atoms with Gasteiger partial charge in [-0.1, -0.05) is 122 Å². The average molecular weight is 635 g/mol. The third-order valence-electron chi connectivity index (χ3n) is 10.3. The van der Waals surface area contributed by atoms with Crippen LogP contribution in [0.5, 0.6) is 0 Å². The van der Waals surface area contributed by atoms with Crippen molar-refractivity contribution in [3.8, 4) is 21.7 Å². The molecule has 6 aromatic rings. The van der Waals surface area contributed by atoms with E-state index in [4.69, 9.17) is 4.98 Å². The standard InChI is InChI=1S/C44H46N2S/c1-9-44(10-2)35-27-29(41-45-37-19-13-16-22-40(37)47-41)23-25-31(35)32-26-24-30(28-36(32)44)46(38-20-14-11-17-33(38)42(3,4)5)39-21-15-12-18-34(39)43(6,7)8/h11-28H,9-10H2,1-8H3. The molecule has 0 amide bonds. The molecule has 238 valence electrons. The zero-order chi connectivity index (χ0) is 33.1. The van der Waals surface area contributed by atoms with Crippen LogP contribution in [0, 0.1) is 0 Å². The maximum absolute atomic E-state index is 5.03. The van der Waals surface area contributed by atoms with Crippen LogP contribution in [-0.4, -0.2) is 4.98 Å². The molecule has 3 heteroatoms. The van der Waals surface area contributed by atoms with Gasteiger partial charge in [-0.05, 0) is 99.5 Å². The van der Waals surface area contributed by atoms with Crippen molar-refractivity contribution in [3.63, 3.8) is 0 Å².